The van der Waals surface area contributed by atoms with Crippen molar-refractivity contribution in [3.05, 3.63) is 20.1 Å². The summed E-state index contributed by atoms with van der Waals surface area (Å²) in [5.74, 6) is 0. The second-order valence-corrected chi connectivity index (χ2v) is 19.0. The molecule has 0 spiro atoms. The lowest BCUT2D eigenvalue weighted by Gasteiger charge is -2.31. The molecule has 1 aliphatic rings. The molecule has 1 aliphatic carbocycles. The Kier molecular flexibility index (Phi) is 7.09. The maximum atomic E-state index is 6.42. The van der Waals surface area contributed by atoms with E-state index in [1.54, 1.807) is 0 Å². The lowest BCUT2D eigenvalue weighted by atomic mass is 10.1. The number of nitrogens with zero attached hydrogens (tertiary/aromatic N) is 4. The Balaban J connectivity index is 3.57. The summed E-state index contributed by atoms with van der Waals surface area (Å²) in [6.45, 7) is 13.1. The van der Waals surface area contributed by atoms with Crippen molar-refractivity contribution in [2.24, 2.45) is 10.2 Å². The third kappa shape index (κ3) is 5.02. The Morgan fingerprint density at radius 3 is 1.04 bits per heavy atom. The average molecular weight is 446 g/mol. The third-order valence-electron chi connectivity index (χ3n) is 3.66. The van der Waals surface area contributed by atoms with Crippen LogP contribution in [-0.2, 0) is 0 Å². The van der Waals surface area contributed by atoms with Gasteiger partial charge in [-0.2, -0.15) is 10.2 Å². The van der Waals surface area contributed by atoms with E-state index in [1.807, 2.05) is 23.4 Å². The fraction of sp³-hybridized carbons (Fsp3) is 0.571. The maximum Gasteiger partial charge on any atom is 0.169 e. The molecule has 0 fully saturated rings. The lowest BCUT2D eigenvalue weighted by Crippen LogP contribution is -2.42. The van der Waals surface area contributed by atoms with Crippen LogP contribution in [0.3, 0.4) is 0 Å². The highest BCUT2D eigenvalue weighted by Gasteiger charge is 2.32. The number of halogens is 4. The van der Waals surface area contributed by atoms with Crippen molar-refractivity contribution in [1.29, 1.82) is 0 Å². The number of hydrogen-bond donors (Lipinski definition) is 0. The summed E-state index contributed by atoms with van der Waals surface area (Å²) in [6.07, 6.45) is 0. The van der Waals surface area contributed by atoms with Gasteiger partial charge in [0.2, 0.25) is 0 Å². The molecule has 0 unspecified atom stereocenters. The van der Waals surface area contributed by atoms with Crippen LogP contribution in [-0.4, -0.2) is 51.3 Å². The van der Waals surface area contributed by atoms with E-state index >= 15 is 0 Å². The zero-order valence-electron chi connectivity index (χ0n) is 15.3. The summed E-state index contributed by atoms with van der Waals surface area (Å²) in [5.41, 5.74) is 0.900. The topological polar surface area (TPSA) is 31.2 Å². The van der Waals surface area contributed by atoms with E-state index in [-0.39, 0.29) is 20.1 Å². The Bertz CT molecular complexity index is 586. The van der Waals surface area contributed by atoms with E-state index in [0.717, 1.165) is 0 Å². The lowest BCUT2D eigenvalue weighted by molar-refractivity contribution is 0.544. The van der Waals surface area contributed by atoms with Crippen molar-refractivity contribution in [3.8, 4) is 0 Å². The molecule has 0 aliphatic heterocycles. The smallest absolute Gasteiger partial charge is 0.169 e. The highest BCUT2D eigenvalue weighted by molar-refractivity contribution is 6.77. The minimum Gasteiger partial charge on any atom is -0.327 e. The van der Waals surface area contributed by atoms with Crippen molar-refractivity contribution in [2.45, 2.75) is 39.3 Å². The predicted octanol–water partition coefficient (Wildman–Crippen LogP) is 5.62. The Labute approximate surface area is 166 Å². The van der Waals surface area contributed by atoms with Gasteiger partial charge in [0.1, 0.15) is 11.4 Å². The second-order valence-electron chi connectivity index (χ2n) is 7.54. The van der Waals surface area contributed by atoms with Crippen LogP contribution in [0.15, 0.2) is 30.3 Å². The number of rotatable bonds is 4. The fourth-order valence-corrected chi connectivity index (χ4v) is 3.10. The third-order valence-corrected chi connectivity index (χ3v) is 9.53. The first-order chi connectivity index (χ1) is 10.7. The summed E-state index contributed by atoms with van der Waals surface area (Å²) in [6, 6.07) is 0. The SMILES string of the molecule is CN(N=C1C(=NN(C)[Si](C)(C)C)C(Cl)=C(Cl)C(Cl)=C1Cl)[Si](C)(C)C. The highest BCUT2D eigenvalue weighted by atomic mass is 35.5. The standard InChI is InChI=1S/C14H24Cl4N4Si2/c1-21(23(3,4)5)19-13-11(17)9(15)10(16)12(18)14(13)20-22(2)24(6,7)8/h1-8H3. The van der Waals surface area contributed by atoms with Crippen LogP contribution < -0.4 is 0 Å². The molecule has 0 amide bonds. The minimum atomic E-state index is -1.67. The molecule has 0 heterocycles. The zero-order valence-corrected chi connectivity index (χ0v) is 20.3. The molecule has 0 aromatic carbocycles. The van der Waals surface area contributed by atoms with Gasteiger partial charge in [0.15, 0.2) is 16.5 Å². The van der Waals surface area contributed by atoms with Crippen LogP contribution >= 0.6 is 46.4 Å². The molecule has 0 aromatic heterocycles. The summed E-state index contributed by atoms with van der Waals surface area (Å²) in [7, 11) is 0.499. The summed E-state index contributed by atoms with van der Waals surface area (Å²) >= 11 is 25.3. The summed E-state index contributed by atoms with van der Waals surface area (Å²) in [4.78, 5) is 0. The first-order valence-electron chi connectivity index (χ1n) is 7.44. The molecule has 0 saturated heterocycles. The van der Waals surface area contributed by atoms with Gasteiger partial charge in [-0.15, -0.1) is 0 Å². The van der Waals surface area contributed by atoms with Crippen LogP contribution in [0, 0.1) is 0 Å². The fourth-order valence-electron chi connectivity index (χ4n) is 1.39. The zero-order chi connectivity index (χ0) is 19.0. The van der Waals surface area contributed by atoms with Gasteiger partial charge in [-0.25, -0.2) is 0 Å². The molecular weight excluding hydrogens is 422 g/mol. The van der Waals surface area contributed by atoms with Crippen LogP contribution in [0.5, 0.6) is 0 Å². The summed E-state index contributed by atoms with van der Waals surface area (Å²) < 4.78 is 3.87. The van der Waals surface area contributed by atoms with Crippen molar-refractivity contribution in [3.63, 3.8) is 0 Å². The monoisotopic (exact) mass is 444 g/mol. The molecule has 0 radical (unpaired) electrons. The van der Waals surface area contributed by atoms with E-state index in [0.29, 0.717) is 11.4 Å². The van der Waals surface area contributed by atoms with Gasteiger partial charge in [-0.3, -0.25) is 0 Å². The molecular formula is C14H24Cl4N4Si2. The van der Waals surface area contributed by atoms with Crippen molar-refractivity contribution in [1.82, 2.24) is 9.35 Å². The second kappa shape index (κ2) is 7.72. The highest BCUT2D eigenvalue weighted by Crippen LogP contribution is 2.37. The van der Waals surface area contributed by atoms with Crippen molar-refractivity contribution in [2.75, 3.05) is 14.1 Å². The summed E-state index contributed by atoms with van der Waals surface area (Å²) in [5, 5.41) is 10.2. The normalized spacial score (nSPS) is 20.3. The van der Waals surface area contributed by atoms with Crippen LogP contribution in [0.1, 0.15) is 0 Å². The molecule has 0 saturated carbocycles. The molecule has 136 valence electrons. The number of allylic oxidation sites excluding steroid dienone is 4. The molecule has 24 heavy (non-hydrogen) atoms. The molecule has 4 nitrogen and oxygen atoms in total. The van der Waals surface area contributed by atoms with Gasteiger partial charge in [-0.1, -0.05) is 85.7 Å². The van der Waals surface area contributed by atoms with Gasteiger partial charge >= 0.3 is 0 Å². The van der Waals surface area contributed by atoms with E-state index in [1.165, 1.54) is 0 Å². The maximum absolute atomic E-state index is 6.42. The Morgan fingerprint density at radius 1 is 0.583 bits per heavy atom. The van der Waals surface area contributed by atoms with Crippen molar-refractivity contribution >= 4 is 74.3 Å². The Morgan fingerprint density at radius 2 is 0.833 bits per heavy atom. The number of hydrazone groups is 2. The quantitative estimate of drug-likeness (QED) is 0.319. The predicted molar refractivity (Wildman–Crippen MR) is 115 cm³/mol. The molecule has 0 N–H and O–H groups in total. The molecule has 1 rings (SSSR count). The van der Waals surface area contributed by atoms with Gasteiger partial charge in [0.25, 0.3) is 0 Å². The van der Waals surface area contributed by atoms with Crippen LogP contribution in [0.25, 0.3) is 0 Å². The first-order valence-corrected chi connectivity index (χ1v) is 15.9. The van der Waals surface area contributed by atoms with E-state index < -0.39 is 16.5 Å². The molecule has 10 heteroatoms. The van der Waals surface area contributed by atoms with Gasteiger partial charge in [0, 0.05) is 14.1 Å². The van der Waals surface area contributed by atoms with E-state index in [4.69, 9.17) is 46.4 Å². The molecule has 0 bridgehead atoms. The van der Waals surface area contributed by atoms with Gasteiger partial charge < -0.3 is 9.35 Å². The largest absolute Gasteiger partial charge is 0.327 e. The van der Waals surface area contributed by atoms with E-state index in [2.05, 4.69) is 49.5 Å². The van der Waals surface area contributed by atoms with Gasteiger partial charge in [-0.05, 0) is 0 Å². The van der Waals surface area contributed by atoms with Crippen LogP contribution in [0.2, 0.25) is 39.3 Å². The molecule has 0 aromatic rings. The number of hydrogen-bond acceptors (Lipinski definition) is 4. The average Bonchev–Trinajstić information content (AvgIpc) is 2.43. The van der Waals surface area contributed by atoms with Crippen molar-refractivity contribution < 1.29 is 0 Å². The van der Waals surface area contributed by atoms with E-state index in [9.17, 15) is 0 Å². The molecule has 0 atom stereocenters. The van der Waals surface area contributed by atoms with Gasteiger partial charge in [0.05, 0.1) is 20.1 Å². The minimum absolute atomic E-state index is 0.195. The Hall–Kier alpha value is 0.0138. The first kappa shape index (κ1) is 22.1. The van der Waals surface area contributed by atoms with Crippen LogP contribution in [0.4, 0.5) is 0 Å².